The molecule has 0 radical (unpaired) electrons. The molecule has 0 saturated carbocycles. The molecular weight excluding hydrogens is 264 g/mol. The predicted octanol–water partition coefficient (Wildman–Crippen LogP) is 0.952. The number of aromatic nitrogens is 2. The molecule has 1 atom stereocenters. The highest BCUT2D eigenvalue weighted by Crippen LogP contribution is 2.17. The maximum absolute atomic E-state index is 12.5. The third-order valence-electron chi connectivity index (χ3n) is 3.42. The summed E-state index contributed by atoms with van der Waals surface area (Å²) >= 11 is 0. The molecule has 0 bridgehead atoms. The Morgan fingerprint density at radius 3 is 2.89 bits per heavy atom. The lowest BCUT2D eigenvalue weighted by Crippen LogP contribution is -2.45. The van der Waals surface area contributed by atoms with Gasteiger partial charge in [-0.05, 0) is 25.8 Å². The van der Waals surface area contributed by atoms with Gasteiger partial charge in [-0.25, -0.2) is 8.42 Å². The van der Waals surface area contributed by atoms with Gasteiger partial charge in [0.05, 0.1) is 6.20 Å². The normalized spacial score (nSPS) is 20.8. The molecule has 1 aromatic rings. The summed E-state index contributed by atoms with van der Waals surface area (Å²) in [6.45, 7) is 4.07. The van der Waals surface area contributed by atoms with Crippen molar-refractivity contribution in [1.29, 1.82) is 0 Å². The van der Waals surface area contributed by atoms with Crippen molar-refractivity contribution in [3.8, 4) is 0 Å². The summed E-state index contributed by atoms with van der Waals surface area (Å²) in [5.74, 6) is 0. The molecule has 0 spiro atoms. The SMILES string of the molecule is CCCN(CC1CCCCN1)S(=O)(=O)c1cn[nH]c1. The molecule has 108 valence electrons. The van der Waals surface area contributed by atoms with E-state index in [1.807, 2.05) is 6.92 Å². The molecule has 6 nitrogen and oxygen atoms in total. The molecule has 1 aliphatic rings. The zero-order chi connectivity index (χ0) is 13.7. The van der Waals surface area contributed by atoms with E-state index in [1.54, 1.807) is 4.31 Å². The highest BCUT2D eigenvalue weighted by molar-refractivity contribution is 7.89. The second-order valence-electron chi connectivity index (χ2n) is 4.94. The number of piperidine rings is 1. The fourth-order valence-corrected chi connectivity index (χ4v) is 3.90. The van der Waals surface area contributed by atoms with Crippen LogP contribution in [0.1, 0.15) is 32.6 Å². The molecule has 2 N–H and O–H groups in total. The third kappa shape index (κ3) is 3.55. The largest absolute Gasteiger partial charge is 0.313 e. The van der Waals surface area contributed by atoms with Crippen LogP contribution in [0, 0.1) is 0 Å². The summed E-state index contributed by atoms with van der Waals surface area (Å²) in [5.41, 5.74) is 0. The Kier molecular flexibility index (Phi) is 4.95. The van der Waals surface area contributed by atoms with Crippen molar-refractivity contribution in [2.75, 3.05) is 19.6 Å². The molecule has 1 aliphatic heterocycles. The Morgan fingerprint density at radius 2 is 2.32 bits per heavy atom. The standard InChI is InChI=1S/C12H22N4O2S/c1-2-7-16(10-11-5-3-4-6-13-11)19(17,18)12-8-14-15-9-12/h8-9,11,13H,2-7,10H2,1H3,(H,14,15). The maximum Gasteiger partial charge on any atom is 0.246 e. The first-order chi connectivity index (χ1) is 9.14. The van der Waals surface area contributed by atoms with Crippen LogP contribution in [0.5, 0.6) is 0 Å². The summed E-state index contributed by atoms with van der Waals surface area (Å²) in [6, 6.07) is 0.266. The van der Waals surface area contributed by atoms with E-state index in [4.69, 9.17) is 0 Å². The Morgan fingerprint density at radius 1 is 1.47 bits per heavy atom. The van der Waals surface area contributed by atoms with E-state index in [-0.39, 0.29) is 10.9 Å². The van der Waals surface area contributed by atoms with Crippen LogP contribution in [-0.4, -0.2) is 48.6 Å². The molecule has 19 heavy (non-hydrogen) atoms. The molecule has 2 rings (SSSR count). The van der Waals surface area contributed by atoms with Crippen LogP contribution in [0.15, 0.2) is 17.3 Å². The van der Waals surface area contributed by atoms with E-state index in [0.29, 0.717) is 13.1 Å². The van der Waals surface area contributed by atoms with Crippen molar-refractivity contribution in [2.24, 2.45) is 0 Å². The molecule has 2 heterocycles. The van der Waals surface area contributed by atoms with Gasteiger partial charge in [-0.2, -0.15) is 9.40 Å². The van der Waals surface area contributed by atoms with Gasteiger partial charge in [-0.15, -0.1) is 0 Å². The molecule has 1 aromatic heterocycles. The van der Waals surface area contributed by atoms with Crippen molar-refractivity contribution in [3.63, 3.8) is 0 Å². The molecule has 0 aliphatic carbocycles. The van der Waals surface area contributed by atoms with Crippen LogP contribution in [0.4, 0.5) is 0 Å². The van der Waals surface area contributed by atoms with E-state index >= 15 is 0 Å². The molecule has 1 unspecified atom stereocenters. The Balaban J connectivity index is 2.10. The van der Waals surface area contributed by atoms with Crippen LogP contribution in [-0.2, 0) is 10.0 Å². The smallest absolute Gasteiger partial charge is 0.246 e. The van der Waals surface area contributed by atoms with E-state index in [1.165, 1.54) is 25.2 Å². The van der Waals surface area contributed by atoms with Crippen molar-refractivity contribution in [1.82, 2.24) is 19.8 Å². The first kappa shape index (κ1) is 14.5. The van der Waals surface area contributed by atoms with Crippen LogP contribution < -0.4 is 5.32 Å². The van der Waals surface area contributed by atoms with Gasteiger partial charge in [-0.1, -0.05) is 13.3 Å². The highest BCUT2D eigenvalue weighted by Gasteiger charge is 2.27. The first-order valence-electron chi connectivity index (χ1n) is 6.87. The number of H-pyrrole nitrogens is 1. The van der Waals surface area contributed by atoms with Gasteiger partial charge in [0.2, 0.25) is 10.0 Å². The van der Waals surface area contributed by atoms with Crippen molar-refractivity contribution in [3.05, 3.63) is 12.4 Å². The lowest BCUT2D eigenvalue weighted by Gasteiger charge is -2.29. The lowest BCUT2D eigenvalue weighted by atomic mass is 10.1. The van der Waals surface area contributed by atoms with Gasteiger partial charge in [0.15, 0.2) is 0 Å². The van der Waals surface area contributed by atoms with E-state index < -0.39 is 10.0 Å². The summed E-state index contributed by atoms with van der Waals surface area (Å²) in [6.07, 6.45) is 7.01. The molecule has 0 aromatic carbocycles. The van der Waals surface area contributed by atoms with Gasteiger partial charge in [-0.3, -0.25) is 5.10 Å². The van der Waals surface area contributed by atoms with E-state index in [9.17, 15) is 8.42 Å². The van der Waals surface area contributed by atoms with Crippen LogP contribution in [0.3, 0.4) is 0 Å². The molecule has 1 fully saturated rings. The predicted molar refractivity (Wildman–Crippen MR) is 73.3 cm³/mol. The minimum Gasteiger partial charge on any atom is -0.313 e. The molecular formula is C12H22N4O2S. The Labute approximate surface area is 114 Å². The van der Waals surface area contributed by atoms with E-state index in [0.717, 1.165) is 19.4 Å². The third-order valence-corrected chi connectivity index (χ3v) is 5.25. The lowest BCUT2D eigenvalue weighted by molar-refractivity contribution is 0.312. The Bertz CT molecular complexity index is 466. The summed E-state index contributed by atoms with van der Waals surface area (Å²) < 4.78 is 26.6. The fraction of sp³-hybridized carbons (Fsp3) is 0.750. The van der Waals surface area contributed by atoms with Crippen molar-refractivity contribution in [2.45, 2.75) is 43.5 Å². The number of nitrogens with one attached hydrogen (secondary N) is 2. The van der Waals surface area contributed by atoms with Gasteiger partial charge in [0, 0.05) is 25.3 Å². The highest BCUT2D eigenvalue weighted by atomic mass is 32.2. The molecule has 7 heteroatoms. The van der Waals surface area contributed by atoms with Crippen LogP contribution in [0.2, 0.25) is 0 Å². The van der Waals surface area contributed by atoms with Crippen molar-refractivity contribution >= 4 is 10.0 Å². The Hall–Kier alpha value is -0.920. The quantitative estimate of drug-likeness (QED) is 0.816. The summed E-state index contributed by atoms with van der Waals surface area (Å²) in [5, 5.41) is 9.69. The zero-order valence-electron chi connectivity index (χ0n) is 11.3. The number of sulfonamides is 1. The molecule has 1 saturated heterocycles. The number of hydrogen-bond donors (Lipinski definition) is 2. The van der Waals surface area contributed by atoms with Gasteiger partial charge in [0.1, 0.15) is 4.90 Å². The second kappa shape index (κ2) is 6.49. The number of hydrogen-bond acceptors (Lipinski definition) is 4. The average Bonchev–Trinajstić information content (AvgIpc) is 2.94. The monoisotopic (exact) mass is 286 g/mol. The van der Waals surface area contributed by atoms with Gasteiger partial charge in [0.25, 0.3) is 0 Å². The number of nitrogens with zero attached hydrogens (tertiary/aromatic N) is 2. The summed E-state index contributed by atoms with van der Waals surface area (Å²) in [7, 11) is -3.42. The molecule has 0 amide bonds. The van der Waals surface area contributed by atoms with E-state index in [2.05, 4.69) is 15.5 Å². The van der Waals surface area contributed by atoms with Gasteiger partial charge >= 0.3 is 0 Å². The average molecular weight is 286 g/mol. The minimum atomic E-state index is -3.42. The van der Waals surface area contributed by atoms with Crippen molar-refractivity contribution < 1.29 is 8.42 Å². The van der Waals surface area contributed by atoms with Crippen LogP contribution >= 0.6 is 0 Å². The fourth-order valence-electron chi connectivity index (χ4n) is 2.41. The maximum atomic E-state index is 12.5. The number of rotatable bonds is 6. The number of aromatic amines is 1. The zero-order valence-corrected chi connectivity index (χ0v) is 12.1. The van der Waals surface area contributed by atoms with Crippen LogP contribution in [0.25, 0.3) is 0 Å². The minimum absolute atomic E-state index is 0.247. The second-order valence-corrected chi connectivity index (χ2v) is 6.88. The van der Waals surface area contributed by atoms with Gasteiger partial charge < -0.3 is 5.32 Å². The topological polar surface area (TPSA) is 78.1 Å². The summed E-state index contributed by atoms with van der Waals surface area (Å²) in [4.78, 5) is 0.247. The first-order valence-corrected chi connectivity index (χ1v) is 8.31.